The lowest BCUT2D eigenvalue weighted by Crippen LogP contribution is -2.38. The van der Waals surface area contributed by atoms with Gasteiger partial charge in [-0.15, -0.1) is 0 Å². The Morgan fingerprint density at radius 2 is 2.08 bits per heavy atom. The average Bonchev–Trinajstić information content (AvgIpc) is 2.56. The minimum absolute atomic E-state index is 0.773. The van der Waals surface area contributed by atoms with E-state index in [1.807, 2.05) is 6.21 Å². The Bertz CT molecular complexity index is 218. The fourth-order valence-corrected chi connectivity index (χ4v) is 1.94. The Morgan fingerprint density at radius 1 is 1.33 bits per heavy atom. The summed E-state index contributed by atoms with van der Waals surface area (Å²) in [7, 11) is 0. The molecule has 2 aliphatic heterocycles. The van der Waals surface area contributed by atoms with Gasteiger partial charge in [0, 0.05) is 25.5 Å². The van der Waals surface area contributed by atoms with Crippen molar-refractivity contribution in [3.05, 3.63) is 10.7 Å². The van der Waals surface area contributed by atoms with E-state index in [2.05, 4.69) is 37.1 Å². The quantitative estimate of drug-likeness (QED) is 0.681. The molecule has 0 aromatic heterocycles. The zero-order valence-corrected chi connectivity index (χ0v) is 8.50. The molecule has 3 nitrogen and oxygen atoms in total. The average molecular weight is 230 g/mol. The summed E-state index contributed by atoms with van der Waals surface area (Å²) in [6.07, 6.45) is 6.57. The zero-order chi connectivity index (χ0) is 8.39. The first-order valence-corrected chi connectivity index (χ1v) is 5.04. The van der Waals surface area contributed by atoms with E-state index in [4.69, 9.17) is 0 Å². The molecule has 0 N–H and O–H groups in total. The van der Waals surface area contributed by atoms with Gasteiger partial charge in [-0.3, -0.25) is 10.0 Å². The minimum atomic E-state index is 0.773. The molecular formula is C8H12BrN3. The summed E-state index contributed by atoms with van der Waals surface area (Å²) in [5, 5.41) is 4.52. The Morgan fingerprint density at radius 3 is 2.75 bits per heavy atom. The normalized spacial score (nSPS) is 24.8. The first-order chi connectivity index (χ1) is 5.86. The Kier molecular flexibility index (Phi) is 2.46. The predicted octanol–water partition coefficient (Wildman–Crippen LogP) is 1.58. The van der Waals surface area contributed by atoms with E-state index in [1.54, 1.807) is 0 Å². The second-order valence-corrected chi connectivity index (χ2v) is 3.98. The molecule has 0 saturated carbocycles. The molecule has 1 saturated heterocycles. The van der Waals surface area contributed by atoms with E-state index in [0.717, 1.165) is 11.2 Å². The molecule has 4 heteroatoms. The molecular weight excluding hydrogens is 218 g/mol. The van der Waals surface area contributed by atoms with Crippen LogP contribution in [0.15, 0.2) is 15.7 Å². The van der Waals surface area contributed by atoms with Crippen LogP contribution in [0.5, 0.6) is 0 Å². The lowest BCUT2D eigenvalue weighted by atomic mass is 10.4. The molecule has 12 heavy (non-hydrogen) atoms. The molecule has 2 rings (SSSR count). The largest absolute Gasteiger partial charge is 0.290 e. The van der Waals surface area contributed by atoms with Gasteiger partial charge in [-0.05, 0) is 28.8 Å². The van der Waals surface area contributed by atoms with Crippen LogP contribution in [0.4, 0.5) is 0 Å². The van der Waals surface area contributed by atoms with Gasteiger partial charge in [0.25, 0.3) is 0 Å². The van der Waals surface area contributed by atoms with Crippen LogP contribution in [0.1, 0.15) is 12.8 Å². The fraction of sp³-hybridized carbons (Fsp3) is 0.625. The van der Waals surface area contributed by atoms with Gasteiger partial charge in [0.1, 0.15) is 6.67 Å². The lowest BCUT2D eigenvalue weighted by Gasteiger charge is -2.30. The van der Waals surface area contributed by atoms with Crippen molar-refractivity contribution in [2.45, 2.75) is 12.8 Å². The van der Waals surface area contributed by atoms with Crippen molar-refractivity contribution in [3.8, 4) is 0 Å². The maximum absolute atomic E-state index is 4.23. The van der Waals surface area contributed by atoms with Crippen molar-refractivity contribution in [3.63, 3.8) is 0 Å². The summed E-state index contributed by atoms with van der Waals surface area (Å²) in [6, 6.07) is 0. The number of allylic oxidation sites excluding steroid dienone is 1. The minimum Gasteiger partial charge on any atom is -0.290 e. The number of hydrazine groups is 1. The fourth-order valence-electron chi connectivity index (χ4n) is 1.56. The smallest absolute Gasteiger partial charge is 0.124 e. The highest BCUT2D eigenvalue weighted by molar-refractivity contribution is 9.12. The van der Waals surface area contributed by atoms with Gasteiger partial charge in [0.05, 0.1) is 4.48 Å². The van der Waals surface area contributed by atoms with E-state index >= 15 is 0 Å². The second kappa shape index (κ2) is 3.58. The molecule has 2 aliphatic rings. The summed E-state index contributed by atoms with van der Waals surface area (Å²) in [5.74, 6) is 0. The van der Waals surface area contributed by atoms with E-state index in [9.17, 15) is 0 Å². The second-order valence-electron chi connectivity index (χ2n) is 3.07. The first kappa shape index (κ1) is 8.26. The van der Waals surface area contributed by atoms with Gasteiger partial charge in [-0.25, -0.2) is 5.01 Å². The van der Waals surface area contributed by atoms with Crippen LogP contribution >= 0.6 is 15.9 Å². The SMILES string of the molecule is BrC1=CN(N2CCCC2)CN=C1. The third-order valence-corrected chi connectivity index (χ3v) is 2.57. The molecule has 0 aromatic carbocycles. The molecule has 0 aliphatic carbocycles. The van der Waals surface area contributed by atoms with Crippen molar-refractivity contribution >= 4 is 22.1 Å². The van der Waals surface area contributed by atoms with Gasteiger partial charge in [-0.1, -0.05) is 0 Å². The summed E-state index contributed by atoms with van der Waals surface area (Å²) < 4.78 is 1.06. The van der Waals surface area contributed by atoms with Crippen LogP contribution in [0.25, 0.3) is 0 Å². The van der Waals surface area contributed by atoms with Crippen LogP contribution in [-0.2, 0) is 0 Å². The van der Waals surface area contributed by atoms with Gasteiger partial charge in [0.15, 0.2) is 0 Å². The third-order valence-electron chi connectivity index (χ3n) is 2.16. The van der Waals surface area contributed by atoms with Crippen molar-refractivity contribution in [1.29, 1.82) is 0 Å². The van der Waals surface area contributed by atoms with Crippen LogP contribution in [-0.4, -0.2) is 36.0 Å². The van der Waals surface area contributed by atoms with E-state index < -0.39 is 0 Å². The molecule has 66 valence electrons. The van der Waals surface area contributed by atoms with Crippen LogP contribution in [0.3, 0.4) is 0 Å². The molecule has 0 spiro atoms. The predicted molar refractivity (Wildman–Crippen MR) is 53.0 cm³/mol. The van der Waals surface area contributed by atoms with Crippen molar-refractivity contribution < 1.29 is 0 Å². The third kappa shape index (κ3) is 1.69. The standard InChI is InChI=1S/C8H12BrN3/c9-8-5-10-7-12(6-8)11-3-1-2-4-11/h5-6H,1-4,7H2. The van der Waals surface area contributed by atoms with Crippen molar-refractivity contribution in [1.82, 2.24) is 10.0 Å². The molecule has 0 amide bonds. The van der Waals surface area contributed by atoms with Gasteiger partial charge < -0.3 is 0 Å². The number of aliphatic imine (C=N–C) groups is 1. The molecule has 0 unspecified atom stereocenters. The molecule has 2 heterocycles. The number of nitrogens with zero attached hydrogens (tertiary/aromatic N) is 3. The van der Waals surface area contributed by atoms with Crippen LogP contribution in [0.2, 0.25) is 0 Å². The van der Waals surface area contributed by atoms with E-state index in [1.165, 1.54) is 25.9 Å². The summed E-state index contributed by atoms with van der Waals surface area (Å²) in [5.41, 5.74) is 0. The Hall–Kier alpha value is -0.350. The van der Waals surface area contributed by atoms with E-state index in [-0.39, 0.29) is 0 Å². The number of halogens is 1. The number of hydrogen-bond donors (Lipinski definition) is 0. The maximum atomic E-state index is 4.23. The van der Waals surface area contributed by atoms with Crippen molar-refractivity contribution in [2.75, 3.05) is 19.8 Å². The molecule has 0 aromatic rings. The monoisotopic (exact) mass is 229 g/mol. The highest BCUT2D eigenvalue weighted by atomic mass is 79.9. The summed E-state index contributed by atoms with van der Waals surface area (Å²) in [4.78, 5) is 4.23. The van der Waals surface area contributed by atoms with Crippen LogP contribution < -0.4 is 0 Å². The van der Waals surface area contributed by atoms with Gasteiger partial charge in [0.2, 0.25) is 0 Å². The van der Waals surface area contributed by atoms with Crippen LogP contribution in [0, 0.1) is 0 Å². The summed E-state index contributed by atoms with van der Waals surface area (Å²) in [6.45, 7) is 3.12. The maximum Gasteiger partial charge on any atom is 0.124 e. The van der Waals surface area contributed by atoms with E-state index in [0.29, 0.717) is 0 Å². The molecule has 0 radical (unpaired) electrons. The molecule has 1 fully saturated rings. The highest BCUT2D eigenvalue weighted by Gasteiger charge is 2.17. The Labute approximate surface area is 80.8 Å². The van der Waals surface area contributed by atoms with Gasteiger partial charge >= 0.3 is 0 Å². The van der Waals surface area contributed by atoms with Crippen molar-refractivity contribution in [2.24, 2.45) is 4.99 Å². The van der Waals surface area contributed by atoms with Gasteiger partial charge in [-0.2, -0.15) is 0 Å². The lowest BCUT2D eigenvalue weighted by molar-refractivity contribution is 0.0508. The number of hydrogen-bond acceptors (Lipinski definition) is 3. The molecule has 0 bridgehead atoms. The summed E-state index contributed by atoms with van der Waals surface area (Å²) >= 11 is 3.42. The highest BCUT2D eigenvalue weighted by Crippen LogP contribution is 2.16. The molecule has 0 atom stereocenters. The first-order valence-electron chi connectivity index (χ1n) is 4.25. The number of rotatable bonds is 1. The topological polar surface area (TPSA) is 18.8 Å². The Balaban J connectivity index is 2.00. The zero-order valence-electron chi connectivity index (χ0n) is 6.91.